The van der Waals surface area contributed by atoms with Crippen LogP contribution in [0.2, 0.25) is 0 Å². The number of non-ortho nitro benzene ring substituents is 1. The molecule has 0 aliphatic heterocycles. The molecule has 1 heterocycles. The van der Waals surface area contributed by atoms with Crippen molar-refractivity contribution in [2.75, 3.05) is 0 Å². The monoisotopic (exact) mass is 366 g/mol. The minimum Gasteiger partial charge on any atom is -0.375 e. The summed E-state index contributed by atoms with van der Waals surface area (Å²) in [4.78, 5) is 10.6. The summed E-state index contributed by atoms with van der Waals surface area (Å²) >= 11 is 4.72. The first-order valence-corrected chi connectivity index (χ1v) is 7.94. The van der Waals surface area contributed by atoms with Crippen molar-refractivity contribution in [2.45, 2.75) is 0 Å². The predicted octanol–water partition coefficient (Wildman–Crippen LogP) is 2.61. The van der Waals surface area contributed by atoms with Crippen LogP contribution in [0, 0.1) is 10.1 Å². The normalized spacial score (nSPS) is 10.8. The zero-order chi connectivity index (χ0) is 18.5. The largest absolute Gasteiger partial charge is 0.375 e. The maximum absolute atomic E-state index is 11.1. The Morgan fingerprint density at radius 3 is 2.73 bits per heavy atom. The van der Waals surface area contributed by atoms with Gasteiger partial charge in [0, 0.05) is 29.5 Å². The summed E-state index contributed by atoms with van der Waals surface area (Å²) in [6, 6.07) is 15.8. The van der Waals surface area contributed by atoms with Gasteiger partial charge in [0.25, 0.3) is 5.69 Å². The first-order chi connectivity index (χ1) is 12.5. The lowest BCUT2D eigenvalue weighted by Crippen LogP contribution is -2.24. The van der Waals surface area contributed by atoms with Gasteiger partial charge in [0.05, 0.1) is 16.8 Å². The molecule has 3 aromatic rings. The second-order valence-corrected chi connectivity index (χ2v) is 5.69. The Kier molecular flexibility index (Phi) is 4.99. The Bertz CT molecular complexity index is 984. The number of nitrogens with one attached hydrogen (secondary N) is 1. The van der Waals surface area contributed by atoms with Crippen LogP contribution in [0.5, 0.6) is 0 Å². The number of rotatable bonds is 5. The van der Waals surface area contributed by atoms with E-state index in [1.807, 2.05) is 30.3 Å². The van der Waals surface area contributed by atoms with Crippen molar-refractivity contribution < 1.29 is 4.92 Å². The fourth-order valence-electron chi connectivity index (χ4n) is 2.35. The smallest absolute Gasteiger partial charge is 0.270 e. The SMILES string of the molecule is NC(=S)N/N=C/c1cn(-c2ccccc2)nc1-c1cccc([N+](=O)[O-])c1. The lowest BCUT2D eigenvalue weighted by Gasteiger charge is -2.00. The number of para-hydroxylation sites is 1. The van der Waals surface area contributed by atoms with Crippen LogP contribution in [0.1, 0.15) is 5.56 Å². The topological polar surface area (TPSA) is 111 Å². The van der Waals surface area contributed by atoms with Crippen molar-refractivity contribution in [1.29, 1.82) is 0 Å². The molecule has 0 bridgehead atoms. The molecule has 3 N–H and O–H groups in total. The van der Waals surface area contributed by atoms with E-state index in [-0.39, 0.29) is 10.8 Å². The molecule has 1 aromatic heterocycles. The highest BCUT2D eigenvalue weighted by Crippen LogP contribution is 2.26. The molecule has 130 valence electrons. The summed E-state index contributed by atoms with van der Waals surface area (Å²) in [7, 11) is 0. The third-order valence-corrected chi connectivity index (χ3v) is 3.56. The molecule has 2 aromatic carbocycles. The van der Waals surface area contributed by atoms with Crippen LogP contribution in [-0.4, -0.2) is 26.0 Å². The molecule has 0 spiro atoms. The fraction of sp³-hybridized carbons (Fsp3) is 0. The minimum absolute atomic E-state index is 0.0130. The number of hydrogen-bond acceptors (Lipinski definition) is 5. The van der Waals surface area contributed by atoms with Crippen molar-refractivity contribution in [3.63, 3.8) is 0 Å². The third-order valence-electron chi connectivity index (χ3n) is 3.47. The van der Waals surface area contributed by atoms with E-state index in [2.05, 4.69) is 15.6 Å². The molecule has 8 nitrogen and oxygen atoms in total. The second kappa shape index (κ2) is 7.53. The predicted molar refractivity (Wildman–Crippen MR) is 103 cm³/mol. The number of nitro benzene ring substituents is 1. The van der Waals surface area contributed by atoms with Gasteiger partial charge in [-0.1, -0.05) is 30.3 Å². The molecular formula is C17H14N6O2S. The van der Waals surface area contributed by atoms with E-state index >= 15 is 0 Å². The van der Waals surface area contributed by atoms with Crippen LogP contribution >= 0.6 is 12.2 Å². The number of hydrazone groups is 1. The van der Waals surface area contributed by atoms with Crippen molar-refractivity contribution in [3.8, 4) is 16.9 Å². The minimum atomic E-state index is -0.445. The van der Waals surface area contributed by atoms with Crippen LogP contribution < -0.4 is 11.2 Å². The van der Waals surface area contributed by atoms with E-state index < -0.39 is 4.92 Å². The summed E-state index contributed by atoms with van der Waals surface area (Å²) < 4.78 is 1.68. The fourth-order valence-corrected chi connectivity index (χ4v) is 2.40. The highest BCUT2D eigenvalue weighted by atomic mass is 32.1. The number of nitrogens with zero attached hydrogens (tertiary/aromatic N) is 4. The number of benzene rings is 2. The Morgan fingerprint density at radius 2 is 2.04 bits per heavy atom. The lowest BCUT2D eigenvalue weighted by molar-refractivity contribution is -0.384. The van der Waals surface area contributed by atoms with E-state index in [9.17, 15) is 10.1 Å². The maximum Gasteiger partial charge on any atom is 0.270 e. The van der Waals surface area contributed by atoms with Gasteiger partial charge in [-0.05, 0) is 24.4 Å². The summed E-state index contributed by atoms with van der Waals surface area (Å²) in [5, 5.41) is 19.6. The van der Waals surface area contributed by atoms with Crippen molar-refractivity contribution in [3.05, 3.63) is 76.5 Å². The van der Waals surface area contributed by atoms with Gasteiger partial charge in [0.1, 0.15) is 5.69 Å². The summed E-state index contributed by atoms with van der Waals surface area (Å²) in [5.41, 5.74) is 10.5. The second-order valence-electron chi connectivity index (χ2n) is 5.25. The van der Waals surface area contributed by atoms with Crippen LogP contribution in [0.15, 0.2) is 65.9 Å². The third kappa shape index (κ3) is 3.90. The van der Waals surface area contributed by atoms with E-state index in [0.29, 0.717) is 16.8 Å². The van der Waals surface area contributed by atoms with Crippen LogP contribution in [0.3, 0.4) is 0 Å². The molecular weight excluding hydrogens is 352 g/mol. The quantitative estimate of drug-likeness (QED) is 0.311. The molecule has 0 saturated carbocycles. The average molecular weight is 366 g/mol. The summed E-state index contributed by atoms with van der Waals surface area (Å²) in [6.07, 6.45) is 3.29. The average Bonchev–Trinajstić information content (AvgIpc) is 3.06. The highest BCUT2D eigenvalue weighted by Gasteiger charge is 2.14. The summed E-state index contributed by atoms with van der Waals surface area (Å²) in [6.45, 7) is 0. The van der Waals surface area contributed by atoms with Gasteiger partial charge in [-0.25, -0.2) is 4.68 Å². The van der Waals surface area contributed by atoms with Crippen molar-refractivity contribution >= 4 is 29.2 Å². The molecule has 9 heteroatoms. The highest BCUT2D eigenvalue weighted by molar-refractivity contribution is 7.80. The molecule has 0 fully saturated rings. The lowest BCUT2D eigenvalue weighted by atomic mass is 10.1. The van der Waals surface area contributed by atoms with E-state index in [0.717, 1.165) is 5.69 Å². The zero-order valence-corrected chi connectivity index (χ0v) is 14.3. The van der Waals surface area contributed by atoms with Crippen LogP contribution in [-0.2, 0) is 0 Å². The zero-order valence-electron chi connectivity index (χ0n) is 13.4. The molecule has 0 aliphatic rings. The standard InChI is InChI=1S/C17H14N6O2S/c18-17(26)20-19-10-13-11-22(14-6-2-1-3-7-14)21-16(13)12-5-4-8-15(9-12)23(24)25/h1-11H,(H3,18,20,26)/b19-10+. The number of hydrogen-bond donors (Lipinski definition) is 2. The molecule has 0 amide bonds. The van der Waals surface area contributed by atoms with Gasteiger partial charge < -0.3 is 5.73 Å². The molecule has 0 unspecified atom stereocenters. The molecule has 0 radical (unpaired) electrons. The molecule has 0 atom stereocenters. The van der Waals surface area contributed by atoms with Gasteiger partial charge in [-0.2, -0.15) is 10.2 Å². The number of nitro groups is 1. The summed E-state index contributed by atoms with van der Waals surface area (Å²) in [5.74, 6) is 0. The molecule has 26 heavy (non-hydrogen) atoms. The number of nitrogens with two attached hydrogens (primary N) is 1. The Hall–Kier alpha value is -3.59. The van der Waals surface area contributed by atoms with Crippen molar-refractivity contribution in [2.24, 2.45) is 10.8 Å². The van der Waals surface area contributed by atoms with Crippen LogP contribution in [0.4, 0.5) is 5.69 Å². The first kappa shape index (κ1) is 17.2. The van der Waals surface area contributed by atoms with E-state index in [1.54, 1.807) is 23.0 Å². The van der Waals surface area contributed by atoms with Crippen molar-refractivity contribution in [1.82, 2.24) is 15.2 Å². The molecule has 0 saturated heterocycles. The Labute approximate surface area is 154 Å². The number of aromatic nitrogens is 2. The maximum atomic E-state index is 11.1. The van der Waals surface area contributed by atoms with Gasteiger partial charge >= 0.3 is 0 Å². The first-order valence-electron chi connectivity index (χ1n) is 7.53. The van der Waals surface area contributed by atoms with Gasteiger partial charge in [0.15, 0.2) is 5.11 Å². The number of thiocarbonyl (C=S) groups is 1. The van der Waals surface area contributed by atoms with E-state index in [1.165, 1.54) is 18.3 Å². The Balaban J connectivity index is 2.08. The molecule has 0 aliphatic carbocycles. The van der Waals surface area contributed by atoms with E-state index in [4.69, 9.17) is 18.0 Å². The van der Waals surface area contributed by atoms with Crippen LogP contribution in [0.25, 0.3) is 16.9 Å². The van der Waals surface area contributed by atoms with Gasteiger partial charge in [0.2, 0.25) is 0 Å². The van der Waals surface area contributed by atoms with Gasteiger partial charge in [-0.15, -0.1) is 0 Å². The molecule has 3 rings (SSSR count). The Morgan fingerprint density at radius 1 is 1.27 bits per heavy atom. The van der Waals surface area contributed by atoms with Gasteiger partial charge in [-0.3, -0.25) is 15.5 Å².